The zero-order valence-corrected chi connectivity index (χ0v) is 13.1. The lowest BCUT2D eigenvalue weighted by Crippen LogP contribution is -2.24. The van der Waals surface area contributed by atoms with Crippen LogP contribution >= 0.6 is 15.9 Å². The van der Waals surface area contributed by atoms with E-state index in [0.717, 1.165) is 6.07 Å². The van der Waals surface area contributed by atoms with E-state index in [9.17, 15) is 18.5 Å². The van der Waals surface area contributed by atoms with Gasteiger partial charge in [-0.15, -0.1) is 0 Å². The van der Waals surface area contributed by atoms with E-state index in [-0.39, 0.29) is 12.4 Å². The van der Waals surface area contributed by atoms with Gasteiger partial charge in [-0.05, 0) is 12.1 Å². The number of halogens is 1. The average molecular weight is 376 g/mol. The third kappa shape index (κ3) is 3.62. The second-order valence-electron chi connectivity index (χ2n) is 4.03. The first-order valence-electron chi connectivity index (χ1n) is 5.58. The number of aryl methyl sites for hydroxylation is 1. The molecule has 0 saturated carbocycles. The molecule has 2 rings (SSSR count). The highest BCUT2D eigenvalue weighted by Crippen LogP contribution is 2.27. The summed E-state index contributed by atoms with van der Waals surface area (Å²) in [6.07, 6.45) is 1.42. The van der Waals surface area contributed by atoms with E-state index in [1.807, 2.05) is 0 Å². The molecule has 0 spiro atoms. The van der Waals surface area contributed by atoms with Gasteiger partial charge in [0.1, 0.15) is 6.33 Å². The van der Waals surface area contributed by atoms with Crippen molar-refractivity contribution in [2.24, 2.45) is 7.05 Å². The largest absolute Gasteiger partial charge is 0.289 e. The summed E-state index contributed by atoms with van der Waals surface area (Å²) < 4.78 is 28.5. The molecule has 1 aromatic heterocycles. The predicted molar refractivity (Wildman–Crippen MR) is 75.8 cm³/mol. The summed E-state index contributed by atoms with van der Waals surface area (Å²) in [7, 11) is -2.42. The lowest BCUT2D eigenvalue weighted by molar-refractivity contribution is -0.387. The number of aromatic nitrogens is 3. The summed E-state index contributed by atoms with van der Waals surface area (Å²) in [5, 5.41) is 14.8. The molecule has 1 aromatic carbocycles. The van der Waals surface area contributed by atoms with Gasteiger partial charge in [-0.3, -0.25) is 14.8 Å². The van der Waals surface area contributed by atoms with E-state index < -0.39 is 25.5 Å². The van der Waals surface area contributed by atoms with Crippen molar-refractivity contribution in [1.29, 1.82) is 0 Å². The minimum Gasteiger partial charge on any atom is -0.258 e. The van der Waals surface area contributed by atoms with Crippen LogP contribution in [0.2, 0.25) is 0 Å². The summed E-state index contributed by atoms with van der Waals surface area (Å²) in [4.78, 5) is 13.6. The Hall–Kier alpha value is -1.85. The van der Waals surface area contributed by atoms with E-state index in [1.54, 1.807) is 7.05 Å². The van der Waals surface area contributed by atoms with Crippen molar-refractivity contribution in [2.45, 2.75) is 11.4 Å². The van der Waals surface area contributed by atoms with Gasteiger partial charge < -0.3 is 0 Å². The third-order valence-corrected chi connectivity index (χ3v) is 4.40. The molecule has 0 radical (unpaired) electrons. The van der Waals surface area contributed by atoms with E-state index in [4.69, 9.17) is 0 Å². The van der Waals surface area contributed by atoms with Crippen molar-refractivity contribution in [3.8, 4) is 0 Å². The minimum atomic E-state index is -4.06. The van der Waals surface area contributed by atoms with Crippen LogP contribution in [0.1, 0.15) is 5.82 Å². The van der Waals surface area contributed by atoms with Crippen molar-refractivity contribution >= 4 is 31.6 Å². The number of benzene rings is 1. The van der Waals surface area contributed by atoms with Crippen molar-refractivity contribution in [3.05, 3.63) is 44.9 Å². The van der Waals surface area contributed by atoms with Crippen molar-refractivity contribution in [3.63, 3.8) is 0 Å². The fourth-order valence-corrected chi connectivity index (χ4v) is 3.24. The molecule has 21 heavy (non-hydrogen) atoms. The van der Waals surface area contributed by atoms with Crippen LogP contribution in [0.3, 0.4) is 0 Å². The zero-order chi connectivity index (χ0) is 15.6. The first-order chi connectivity index (χ1) is 9.79. The molecular formula is C10H10BrN5O4S. The quantitative estimate of drug-likeness (QED) is 0.613. The fourth-order valence-electron chi connectivity index (χ4n) is 1.56. The normalized spacial score (nSPS) is 11.5. The monoisotopic (exact) mass is 375 g/mol. The molecule has 0 aliphatic rings. The Morgan fingerprint density at radius 1 is 1.48 bits per heavy atom. The molecule has 9 nitrogen and oxygen atoms in total. The summed E-state index contributed by atoms with van der Waals surface area (Å²) in [5.74, 6) is 0.263. The van der Waals surface area contributed by atoms with Crippen molar-refractivity contribution in [2.75, 3.05) is 0 Å². The number of hydrogen-bond donors (Lipinski definition) is 1. The average Bonchev–Trinajstić information content (AvgIpc) is 2.82. The van der Waals surface area contributed by atoms with Crippen LogP contribution in [0.4, 0.5) is 5.69 Å². The Morgan fingerprint density at radius 3 is 2.76 bits per heavy atom. The van der Waals surface area contributed by atoms with Crippen LogP contribution < -0.4 is 4.72 Å². The number of nitrogens with zero attached hydrogens (tertiary/aromatic N) is 4. The number of nitro benzene ring substituents is 1. The fraction of sp³-hybridized carbons (Fsp3) is 0.200. The summed E-state index contributed by atoms with van der Waals surface area (Å²) >= 11 is 3.09. The standard InChI is InChI=1S/C10H10BrN5O4S/c1-15-6-12-10(14-15)5-13-21(19,20)9-4-7(11)2-3-8(9)16(17)18/h2-4,6,13H,5H2,1H3. The number of hydrogen-bond acceptors (Lipinski definition) is 6. The van der Waals surface area contributed by atoms with E-state index in [0.29, 0.717) is 4.47 Å². The van der Waals surface area contributed by atoms with Gasteiger partial charge >= 0.3 is 0 Å². The summed E-state index contributed by atoms with van der Waals surface area (Å²) in [5.41, 5.74) is -0.500. The molecule has 0 fully saturated rings. The molecule has 0 bridgehead atoms. The molecule has 0 aliphatic heterocycles. The van der Waals surface area contributed by atoms with Crippen LogP contribution in [-0.2, 0) is 23.6 Å². The summed E-state index contributed by atoms with van der Waals surface area (Å²) in [6, 6.07) is 3.70. The van der Waals surface area contributed by atoms with Gasteiger partial charge in [0.15, 0.2) is 10.7 Å². The number of sulfonamides is 1. The van der Waals surface area contributed by atoms with Crippen LogP contribution in [0, 0.1) is 10.1 Å². The smallest absolute Gasteiger partial charge is 0.258 e. The van der Waals surface area contributed by atoms with Gasteiger partial charge in [-0.1, -0.05) is 15.9 Å². The second kappa shape index (κ2) is 5.87. The third-order valence-electron chi connectivity index (χ3n) is 2.48. The molecule has 0 atom stereocenters. The SMILES string of the molecule is Cn1cnc(CNS(=O)(=O)c2cc(Br)ccc2[N+](=O)[O-])n1. The van der Waals surface area contributed by atoms with Gasteiger partial charge in [0.2, 0.25) is 10.0 Å². The van der Waals surface area contributed by atoms with Crippen LogP contribution in [0.15, 0.2) is 33.9 Å². The highest BCUT2D eigenvalue weighted by molar-refractivity contribution is 9.10. The van der Waals surface area contributed by atoms with E-state index in [2.05, 4.69) is 30.7 Å². The highest BCUT2D eigenvalue weighted by Gasteiger charge is 2.26. The Labute approximate surface area is 128 Å². The second-order valence-corrected chi connectivity index (χ2v) is 6.68. The lowest BCUT2D eigenvalue weighted by atomic mass is 10.3. The van der Waals surface area contributed by atoms with E-state index >= 15 is 0 Å². The Morgan fingerprint density at radius 2 is 2.19 bits per heavy atom. The molecule has 0 saturated heterocycles. The molecule has 0 unspecified atom stereocenters. The Kier molecular flexibility index (Phi) is 4.34. The van der Waals surface area contributed by atoms with Crippen molar-refractivity contribution in [1.82, 2.24) is 19.5 Å². The van der Waals surface area contributed by atoms with E-state index in [1.165, 1.54) is 23.1 Å². The first-order valence-corrected chi connectivity index (χ1v) is 7.85. The molecule has 0 aliphatic carbocycles. The highest BCUT2D eigenvalue weighted by atomic mass is 79.9. The Bertz CT molecular complexity index is 788. The Balaban J connectivity index is 2.31. The number of nitrogens with one attached hydrogen (secondary N) is 1. The molecule has 2 aromatic rings. The zero-order valence-electron chi connectivity index (χ0n) is 10.7. The van der Waals surface area contributed by atoms with Gasteiger partial charge in [0, 0.05) is 17.6 Å². The van der Waals surface area contributed by atoms with Gasteiger partial charge in [-0.25, -0.2) is 18.1 Å². The molecular weight excluding hydrogens is 366 g/mol. The minimum absolute atomic E-state index is 0.160. The number of rotatable bonds is 5. The predicted octanol–water partition coefficient (Wildman–Crippen LogP) is 0.964. The molecule has 1 N–H and O–H groups in total. The maximum Gasteiger partial charge on any atom is 0.289 e. The molecule has 1 heterocycles. The first kappa shape index (κ1) is 15.5. The van der Waals surface area contributed by atoms with Crippen molar-refractivity contribution < 1.29 is 13.3 Å². The van der Waals surface area contributed by atoms with Gasteiger partial charge in [0.05, 0.1) is 11.5 Å². The molecule has 0 amide bonds. The topological polar surface area (TPSA) is 120 Å². The number of nitro groups is 1. The van der Waals surface area contributed by atoms with Gasteiger partial charge in [-0.2, -0.15) is 5.10 Å². The molecule has 112 valence electrons. The van der Waals surface area contributed by atoms with Gasteiger partial charge in [0.25, 0.3) is 5.69 Å². The summed E-state index contributed by atoms with van der Waals surface area (Å²) in [6.45, 7) is -0.160. The lowest BCUT2D eigenvalue weighted by Gasteiger charge is -2.06. The van der Waals surface area contributed by atoms with Crippen LogP contribution in [0.5, 0.6) is 0 Å². The maximum atomic E-state index is 12.2. The van der Waals surface area contributed by atoms with Crippen LogP contribution in [0.25, 0.3) is 0 Å². The van der Waals surface area contributed by atoms with Crippen LogP contribution in [-0.4, -0.2) is 28.1 Å². The maximum absolute atomic E-state index is 12.2. The molecule has 11 heteroatoms.